The zero-order chi connectivity index (χ0) is 22.9. The van der Waals surface area contributed by atoms with E-state index in [0.717, 1.165) is 32.9 Å². The molecule has 2 N–H and O–H groups in total. The molecule has 8 nitrogen and oxygen atoms in total. The Hall–Kier alpha value is -4.59. The molecule has 0 aliphatic heterocycles. The smallest absolute Gasteiger partial charge is 0.257 e. The van der Waals surface area contributed by atoms with Gasteiger partial charge in [-0.05, 0) is 55.3 Å². The van der Waals surface area contributed by atoms with Crippen molar-refractivity contribution in [1.82, 2.24) is 19.6 Å². The van der Waals surface area contributed by atoms with Crippen LogP contribution in [0.15, 0.2) is 79.4 Å². The summed E-state index contributed by atoms with van der Waals surface area (Å²) in [5.41, 5.74) is 6.94. The number of aryl methyl sites for hydroxylation is 2. The van der Waals surface area contributed by atoms with E-state index in [2.05, 4.69) is 47.4 Å². The summed E-state index contributed by atoms with van der Waals surface area (Å²) in [6.07, 6.45) is 6.14. The Balaban J connectivity index is 1.58. The van der Waals surface area contributed by atoms with Crippen LogP contribution in [0, 0.1) is 13.8 Å². The molecule has 0 saturated heterocycles. The number of amides is 1. The molecule has 8 heteroatoms. The maximum atomic E-state index is 12.6. The topological polar surface area (TPSA) is 96.3 Å². The number of hydrogen-bond acceptors (Lipinski definition) is 5. The van der Waals surface area contributed by atoms with Crippen LogP contribution in [0.3, 0.4) is 0 Å². The fourth-order valence-electron chi connectivity index (χ4n) is 3.64. The highest BCUT2D eigenvalue weighted by Gasteiger charge is 2.18. The highest BCUT2D eigenvalue weighted by Crippen LogP contribution is 2.33. The van der Waals surface area contributed by atoms with Crippen LogP contribution in [-0.4, -0.2) is 30.7 Å². The van der Waals surface area contributed by atoms with E-state index in [1.807, 2.05) is 18.2 Å². The normalized spacial score (nSPS) is 11.0. The van der Waals surface area contributed by atoms with Crippen LogP contribution in [0.4, 0.5) is 5.82 Å². The molecule has 0 saturated carbocycles. The monoisotopic (exact) mass is 437 g/mol. The summed E-state index contributed by atoms with van der Waals surface area (Å²) >= 11 is 0. The van der Waals surface area contributed by atoms with Crippen LogP contribution in [0.5, 0.6) is 0 Å². The highest BCUT2D eigenvalue weighted by atomic mass is 16.5. The summed E-state index contributed by atoms with van der Waals surface area (Å²) in [7, 11) is 0. The van der Waals surface area contributed by atoms with Crippen molar-refractivity contribution in [1.29, 1.82) is 0 Å². The van der Waals surface area contributed by atoms with Crippen molar-refractivity contribution >= 4 is 17.4 Å². The molecule has 0 unspecified atom stereocenters. The molecule has 0 aliphatic carbocycles. The van der Waals surface area contributed by atoms with E-state index in [9.17, 15) is 10.0 Å². The number of fused-ring (bicyclic) bond motifs is 1. The highest BCUT2D eigenvalue weighted by molar-refractivity contribution is 6.03. The molecule has 1 amide bonds. The first kappa shape index (κ1) is 20.3. The standard InChI is InChI=1S/C25H20N6O2/c1-16-5-6-19(14-17(16)2)23-24(31-22(29-23)4-3-10-27-31)20-7-11-26-21(15-20)28-25(32)18-8-12-30(33)13-9-18/h3-15H,1-2H3,(H-,26,28,32,33)/p+1. The quantitative estimate of drug-likeness (QED) is 0.329. The second-order valence-electron chi connectivity index (χ2n) is 7.75. The Morgan fingerprint density at radius 3 is 2.58 bits per heavy atom. The van der Waals surface area contributed by atoms with Gasteiger partial charge in [0.2, 0.25) is 12.4 Å². The maximum Gasteiger partial charge on any atom is 0.257 e. The number of aromatic nitrogens is 5. The van der Waals surface area contributed by atoms with Gasteiger partial charge in [0.1, 0.15) is 11.5 Å². The van der Waals surface area contributed by atoms with Gasteiger partial charge in [0.15, 0.2) is 5.65 Å². The first-order valence-corrected chi connectivity index (χ1v) is 10.4. The molecular formula is C25H21N6O2+. The second kappa shape index (κ2) is 8.16. The number of nitrogens with zero attached hydrogens (tertiary/aromatic N) is 5. The van der Waals surface area contributed by atoms with Crippen LogP contribution in [-0.2, 0) is 0 Å². The van der Waals surface area contributed by atoms with Crippen molar-refractivity contribution in [2.24, 2.45) is 0 Å². The van der Waals surface area contributed by atoms with Gasteiger partial charge in [0.25, 0.3) is 5.91 Å². The van der Waals surface area contributed by atoms with Crippen LogP contribution in [0.25, 0.3) is 28.2 Å². The average molecular weight is 437 g/mol. The van der Waals surface area contributed by atoms with Crippen molar-refractivity contribution in [2.45, 2.75) is 13.8 Å². The lowest BCUT2D eigenvalue weighted by Gasteiger charge is -2.09. The van der Waals surface area contributed by atoms with Crippen LogP contribution < -0.4 is 10.0 Å². The summed E-state index contributed by atoms with van der Waals surface area (Å²) in [6, 6.07) is 16.7. The summed E-state index contributed by atoms with van der Waals surface area (Å²) in [5, 5.41) is 16.7. The summed E-state index contributed by atoms with van der Waals surface area (Å²) in [4.78, 5) is 21.8. The minimum atomic E-state index is -0.328. The molecule has 0 radical (unpaired) electrons. The third-order valence-corrected chi connectivity index (χ3v) is 5.52. The first-order valence-electron chi connectivity index (χ1n) is 10.4. The van der Waals surface area contributed by atoms with Crippen molar-refractivity contribution in [3.63, 3.8) is 0 Å². The third kappa shape index (κ3) is 3.89. The number of rotatable bonds is 4. The van der Waals surface area contributed by atoms with Crippen molar-refractivity contribution < 1.29 is 14.7 Å². The number of benzene rings is 1. The zero-order valence-electron chi connectivity index (χ0n) is 18.1. The largest absolute Gasteiger partial charge is 0.307 e. The van der Waals surface area contributed by atoms with E-state index >= 15 is 0 Å². The Morgan fingerprint density at radius 1 is 0.970 bits per heavy atom. The van der Waals surface area contributed by atoms with Crippen LogP contribution in [0.2, 0.25) is 0 Å². The van der Waals surface area contributed by atoms with Gasteiger partial charge in [0, 0.05) is 40.4 Å². The van der Waals surface area contributed by atoms with Crippen molar-refractivity contribution in [2.75, 3.05) is 5.32 Å². The molecule has 0 fully saturated rings. The number of carbonyl (C=O) groups excluding carboxylic acids is 1. The molecule has 4 aromatic heterocycles. The number of nitrogens with one attached hydrogen (secondary N) is 1. The molecule has 5 aromatic rings. The van der Waals surface area contributed by atoms with E-state index in [4.69, 9.17) is 4.98 Å². The fraction of sp³-hybridized carbons (Fsp3) is 0.0800. The molecule has 0 spiro atoms. The van der Waals surface area contributed by atoms with Gasteiger partial charge in [-0.1, -0.05) is 12.1 Å². The van der Waals surface area contributed by atoms with E-state index < -0.39 is 0 Å². The van der Waals surface area contributed by atoms with Gasteiger partial charge in [-0.15, -0.1) is 0 Å². The minimum Gasteiger partial charge on any atom is -0.307 e. The summed E-state index contributed by atoms with van der Waals surface area (Å²) in [6.45, 7) is 4.16. The SMILES string of the molecule is Cc1ccc(-c2nc3cccnn3c2-c2ccnc(NC(=O)c3cc[n+](O)cc3)c2)cc1C. The molecule has 33 heavy (non-hydrogen) atoms. The molecule has 0 aliphatic rings. The zero-order valence-corrected chi connectivity index (χ0v) is 18.1. The van der Waals surface area contributed by atoms with Gasteiger partial charge in [-0.2, -0.15) is 5.10 Å². The summed E-state index contributed by atoms with van der Waals surface area (Å²) in [5.74, 6) is 0.0704. The van der Waals surface area contributed by atoms with E-state index in [-0.39, 0.29) is 5.91 Å². The maximum absolute atomic E-state index is 12.6. The first-order chi connectivity index (χ1) is 16.0. The molecular weight excluding hydrogens is 416 g/mol. The molecule has 162 valence electrons. The van der Waals surface area contributed by atoms with Gasteiger partial charge in [-0.25, -0.2) is 14.5 Å². The predicted octanol–water partition coefficient (Wildman–Crippen LogP) is 3.85. The van der Waals surface area contributed by atoms with Crippen molar-refractivity contribution in [3.8, 4) is 22.5 Å². The number of hydrogen-bond donors (Lipinski definition) is 2. The Kier molecular flexibility index (Phi) is 5.02. The lowest BCUT2D eigenvalue weighted by atomic mass is 10.0. The predicted molar refractivity (Wildman–Crippen MR) is 123 cm³/mol. The van der Waals surface area contributed by atoms with Gasteiger partial charge in [-0.3, -0.25) is 10.0 Å². The van der Waals surface area contributed by atoms with Crippen LogP contribution >= 0.6 is 0 Å². The fourth-order valence-corrected chi connectivity index (χ4v) is 3.64. The van der Waals surface area contributed by atoms with Crippen molar-refractivity contribution in [3.05, 3.63) is 96.1 Å². The average Bonchev–Trinajstić information content (AvgIpc) is 3.21. The lowest BCUT2D eigenvalue weighted by Crippen LogP contribution is -2.28. The van der Waals surface area contributed by atoms with E-state index in [1.165, 1.54) is 35.7 Å². The Labute approximate surface area is 189 Å². The summed E-state index contributed by atoms with van der Waals surface area (Å²) < 4.78 is 2.67. The van der Waals surface area contributed by atoms with Gasteiger partial charge < -0.3 is 5.32 Å². The molecule has 0 atom stereocenters. The Bertz CT molecular complexity index is 1490. The van der Waals surface area contributed by atoms with Crippen LogP contribution in [0.1, 0.15) is 21.5 Å². The second-order valence-corrected chi connectivity index (χ2v) is 7.75. The van der Waals surface area contributed by atoms with E-state index in [0.29, 0.717) is 11.4 Å². The van der Waals surface area contributed by atoms with E-state index in [1.54, 1.807) is 23.0 Å². The lowest BCUT2D eigenvalue weighted by molar-refractivity contribution is -0.904. The molecule has 4 heterocycles. The molecule has 1 aromatic carbocycles. The number of anilines is 1. The number of pyridine rings is 2. The molecule has 5 rings (SSSR count). The van der Waals surface area contributed by atoms with Gasteiger partial charge in [0.05, 0.1) is 11.3 Å². The third-order valence-electron chi connectivity index (χ3n) is 5.52. The van der Waals surface area contributed by atoms with Gasteiger partial charge >= 0.3 is 0 Å². The number of imidazole rings is 1. The number of carbonyl (C=O) groups is 1. The Morgan fingerprint density at radius 2 is 1.79 bits per heavy atom. The minimum absolute atomic E-state index is 0.328. The molecule has 0 bridgehead atoms.